The first-order valence-electron chi connectivity index (χ1n) is 5.37. The van der Waals surface area contributed by atoms with Gasteiger partial charge in [-0.15, -0.1) is 0 Å². The van der Waals surface area contributed by atoms with E-state index in [4.69, 9.17) is 0 Å². The lowest BCUT2D eigenvalue weighted by Gasteiger charge is -1.98. The highest BCUT2D eigenvalue weighted by Gasteiger charge is 2.13. The Bertz CT molecular complexity index is 73.1. The van der Waals surface area contributed by atoms with Gasteiger partial charge in [0.15, 0.2) is 0 Å². The molecule has 1 saturated carbocycles. The molecule has 74 valence electrons. The summed E-state index contributed by atoms with van der Waals surface area (Å²) < 4.78 is 0. The van der Waals surface area contributed by atoms with Crippen LogP contribution in [-0.2, 0) is 4.79 Å². The maximum Gasteiger partial charge on any atom is 0.120 e. The minimum Gasteiger partial charge on any atom is -0.303 e. The van der Waals surface area contributed by atoms with Crippen molar-refractivity contribution >= 4 is 6.29 Å². The zero-order chi connectivity index (χ0) is 9.82. The average Bonchev–Trinajstić information content (AvgIpc) is 2.65. The highest BCUT2D eigenvalue weighted by molar-refractivity contribution is 5.49. The number of carbonyl (C=O) groups is 1. The Kier molecular flexibility index (Phi) is 15.7. The van der Waals surface area contributed by atoms with Crippen molar-refractivity contribution in [3.8, 4) is 0 Å². The molecular formula is C11H24O. The van der Waals surface area contributed by atoms with Gasteiger partial charge >= 0.3 is 0 Å². The molecule has 0 amide bonds. The van der Waals surface area contributed by atoms with Gasteiger partial charge < -0.3 is 4.79 Å². The summed E-state index contributed by atoms with van der Waals surface area (Å²) in [4.78, 5) is 9.96. The van der Waals surface area contributed by atoms with Crippen molar-refractivity contribution in [1.29, 1.82) is 0 Å². The quantitative estimate of drug-likeness (QED) is 0.579. The van der Waals surface area contributed by atoms with Crippen LogP contribution in [0.5, 0.6) is 0 Å². The van der Waals surface area contributed by atoms with E-state index >= 15 is 0 Å². The normalized spacial score (nSPS) is 15.3. The third-order valence-corrected chi connectivity index (χ3v) is 1.90. The van der Waals surface area contributed by atoms with Crippen LogP contribution in [0, 0.1) is 5.92 Å². The second kappa shape index (κ2) is 13.3. The largest absolute Gasteiger partial charge is 0.303 e. The zero-order valence-electron chi connectivity index (χ0n) is 9.10. The molecule has 0 bridgehead atoms. The predicted molar refractivity (Wildman–Crippen MR) is 55.3 cm³/mol. The van der Waals surface area contributed by atoms with Gasteiger partial charge in [-0.2, -0.15) is 0 Å². The lowest BCUT2D eigenvalue weighted by Crippen LogP contribution is -1.91. The van der Waals surface area contributed by atoms with Gasteiger partial charge in [0, 0.05) is 6.42 Å². The van der Waals surface area contributed by atoms with Gasteiger partial charge in [0.05, 0.1) is 0 Å². The number of hydrogen-bond acceptors (Lipinski definition) is 1. The Hall–Kier alpha value is -0.330. The van der Waals surface area contributed by atoms with Crippen LogP contribution in [0.1, 0.15) is 59.8 Å². The van der Waals surface area contributed by atoms with E-state index in [-0.39, 0.29) is 0 Å². The van der Waals surface area contributed by atoms with E-state index in [0.717, 1.165) is 18.6 Å². The second-order valence-electron chi connectivity index (χ2n) is 2.55. The number of carbonyl (C=O) groups excluding carboxylic acids is 1. The molecule has 0 atom stereocenters. The molecule has 12 heavy (non-hydrogen) atoms. The van der Waals surface area contributed by atoms with Crippen LogP contribution in [0.3, 0.4) is 0 Å². The molecule has 0 saturated heterocycles. The molecule has 0 unspecified atom stereocenters. The van der Waals surface area contributed by atoms with Gasteiger partial charge in [0.25, 0.3) is 0 Å². The first-order valence-corrected chi connectivity index (χ1v) is 5.37. The minimum absolute atomic E-state index is 0.743. The summed E-state index contributed by atoms with van der Waals surface area (Å²) in [6.07, 6.45) is 7.13. The van der Waals surface area contributed by atoms with Crippen LogP contribution >= 0.6 is 0 Å². The molecule has 1 aliphatic rings. The van der Waals surface area contributed by atoms with Crippen LogP contribution in [0.2, 0.25) is 0 Å². The van der Waals surface area contributed by atoms with Crippen LogP contribution in [0.15, 0.2) is 0 Å². The van der Waals surface area contributed by atoms with Crippen molar-refractivity contribution in [3.05, 3.63) is 0 Å². The summed E-state index contributed by atoms with van der Waals surface area (Å²) >= 11 is 0. The van der Waals surface area contributed by atoms with Crippen molar-refractivity contribution in [2.24, 2.45) is 5.92 Å². The van der Waals surface area contributed by atoms with Crippen LogP contribution < -0.4 is 0 Å². The van der Waals surface area contributed by atoms with Crippen LogP contribution in [0.4, 0.5) is 0 Å². The highest BCUT2D eigenvalue weighted by Crippen LogP contribution is 2.26. The molecule has 0 aromatic carbocycles. The van der Waals surface area contributed by atoms with Crippen molar-refractivity contribution in [2.45, 2.75) is 59.8 Å². The average molecular weight is 172 g/mol. The molecule has 1 fully saturated rings. The number of rotatable bonds is 2. The summed E-state index contributed by atoms with van der Waals surface area (Å²) in [6, 6.07) is 0. The number of hydrogen-bond donors (Lipinski definition) is 0. The first-order chi connectivity index (χ1) is 5.93. The van der Waals surface area contributed by atoms with E-state index in [0.29, 0.717) is 0 Å². The van der Waals surface area contributed by atoms with Gasteiger partial charge in [0.2, 0.25) is 0 Å². The van der Waals surface area contributed by atoms with Crippen LogP contribution in [-0.4, -0.2) is 6.29 Å². The monoisotopic (exact) mass is 172 g/mol. The summed E-state index contributed by atoms with van der Waals surface area (Å²) in [5, 5.41) is 0. The van der Waals surface area contributed by atoms with Crippen molar-refractivity contribution in [2.75, 3.05) is 0 Å². The molecule has 0 aliphatic heterocycles. The van der Waals surface area contributed by atoms with Gasteiger partial charge in [-0.05, 0) is 5.92 Å². The second-order valence-corrected chi connectivity index (χ2v) is 2.55. The summed E-state index contributed by atoms with van der Waals surface area (Å²) in [5.74, 6) is 0.743. The molecule has 1 aliphatic carbocycles. The molecule has 0 heterocycles. The van der Waals surface area contributed by atoms with E-state index in [2.05, 4.69) is 0 Å². The highest BCUT2D eigenvalue weighted by atomic mass is 16.1. The molecule has 1 rings (SSSR count). The van der Waals surface area contributed by atoms with Crippen LogP contribution in [0.25, 0.3) is 0 Å². The molecule has 0 N–H and O–H groups in total. The van der Waals surface area contributed by atoms with Gasteiger partial charge in [-0.3, -0.25) is 0 Å². The minimum atomic E-state index is 0.743. The molecular weight excluding hydrogens is 148 g/mol. The molecule has 0 aromatic rings. The van der Waals surface area contributed by atoms with Gasteiger partial charge in [-0.25, -0.2) is 0 Å². The summed E-state index contributed by atoms with van der Waals surface area (Å²) in [5.41, 5.74) is 0. The Morgan fingerprint density at radius 2 is 1.50 bits per heavy atom. The van der Waals surface area contributed by atoms with Crippen molar-refractivity contribution < 1.29 is 4.79 Å². The SMILES string of the molecule is CC.CC.O=CCC1CCCC1. The lowest BCUT2D eigenvalue weighted by molar-refractivity contribution is -0.108. The maximum atomic E-state index is 9.96. The molecule has 0 radical (unpaired) electrons. The fourth-order valence-corrected chi connectivity index (χ4v) is 1.38. The van der Waals surface area contributed by atoms with E-state index in [1.807, 2.05) is 27.7 Å². The third kappa shape index (κ3) is 7.77. The Balaban J connectivity index is 0. The third-order valence-electron chi connectivity index (χ3n) is 1.90. The number of aldehydes is 1. The summed E-state index contributed by atoms with van der Waals surface area (Å²) in [6.45, 7) is 8.00. The predicted octanol–water partition coefficient (Wildman–Crippen LogP) is 3.82. The Morgan fingerprint density at radius 3 is 1.83 bits per heavy atom. The zero-order valence-corrected chi connectivity index (χ0v) is 9.10. The molecule has 1 heteroatoms. The van der Waals surface area contributed by atoms with Crippen molar-refractivity contribution in [1.82, 2.24) is 0 Å². The van der Waals surface area contributed by atoms with E-state index < -0.39 is 0 Å². The topological polar surface area (TPSA) is 17.1 Å². The Labute approximate surface area is 77.6 Å². The maximum absolute atomic E-state index is 9.96. The standard InChI is InChI=1S/C7H12O.2C2H6/c8-6-5-7-3-1-2-4-7;2*1-2/h6-7H,1-5H2;2*1-2H3. The Morgan fingerprint density at radius 1 is 1.08 bits per heavy atom. The smallest absolute Gasteiger partial charge is 0.120 e. The molecule has 0 aromatic heterocycles. The lowest BCUT2D eigenvalue weighted by atomic mass is 10.1. The fraction of sp³-hybridized carbons (Fsp3) is 0.909. The molecule has 1 nitrogen and oxygen atoms in total. The van der Waals surface area contributed by atoms with E-state index in [1.165, 1.54) is 25.7 Å². The first kappa shape index (κ1) is 14.2. The van der Waals surface area contributed by atoms with Crippen molar-refractivity contribution in [3.63, 3.8) is 0 Å². The van der Waals surface area contributed by atoms with E-state index in [1.54, 1.807) is 0 Å². The van der Waals surface area contributed by atoms with Gasteiger partial charge in [0.1, 0.15) is 6.29 Å². The van der Waals surface area contributed by atoms with E-state index in [9.17, 15) is 4.79 Å². The summed E-state index contributed by atoms with van der Waals surface area (Å²) in [7, 11) is 0. The fourth-order valence-electron chi connectivity index (χ4n) is 1.38. The molecule has 0 spiro atoms. The van der Waals surface area contributed by atoms with Gasteiger partial charge in [-0.1, -0.05) is 53.4 Å².